The number of imidazole rings is 1. The van der Waals surface area contributed by atoms with Gasteiger partial charge in [-0.3, -0.25) is 0 Å². The van der Waals surface area contributed by atoms with Crippen LogP contribution >= 0.6 is 0 Å². The zero-order valence-electron chi connectivity index (χ0n) is 25.4. The fraction of sp³-hybridized carbons (Fsp3) is 0. The molecule has 10 aromatic rings. The number of aromatic nitrogens is 3. The van der Waals surface area contributed by atoms with E-state index in [0.29, 0.717) is 0 Å². The zero-order valence-corrected chi connectivity index (χ0v) is 25.4. The number of nitrogens with one attached hydrogen (secondary N) is 1. The highest BCUT2D eigenvalue weighted by atomic mass is 16.3. The summed E-state index contributed by atoms with van der Waals surface area (Å²) in [5.41, 5.74) is 13.2. The molecule has 47 heavy (non-hydrogen) atoms. The molecule has 4 heteroatoms. The Morgan fingerprint density at radius 1 is 0.489 bits per heavy atom. The van der Waals surface area contributed by atoms with Crippen molar-refractivity contribution < 1.29 is 8.98 Å². The summed E-state index contributed by atoms with van der Waals surface area (Å²) in [6, 6.07) is 56.2. The largest absolute Gasteiger partial charge is 0.452 e. The first-order valence-electron chi connectivity index (χ1n) is 15.9. The minimum Gasteiger partial charge on any atom is -0.452 e. The van der Waals surface area contributed by atoms with Gasteiger partial charge in [0.05, 0.1) is 11.0 Å². The van der Waals surface area contributed by atoms with Gasteiger partial charge in [0.15, 0.2) is 22.3 Å². The zero-order chi connectivity index (χ0) is 30.9. The quantitative estimate of drug-likeness (QED) is 0.200. The minimum atomic E-state index is 0.876. The summed E-state index contributed by atoms with van der Waals surface area (Å²) in [7, 11) is 0. The molecule has 0 aliphatic rings. The number of fused-ring (bicyclic) bond motifs is 7. The first-order chi connectivity index (χ1) is 23.3. The Morgan fingerprint density at radius 2 is 1.19 bits per heavy atom. The topological polar surface area (TPSA) is 37.7 Å². The van der Waals surface area contributed by atoms with Crippen LogP contribution in [0.1, 0.15) is 0 Å². The monoisotopic (exact) mass is 602 g/mol. The molecule has 0 aliphatic heterocycles. The number of hydrogen-bond acceptors (Lipinski definition) is 1. The molecule has 220 valence electrons. The van der Waals surface area contributed by atoms with Gasteiger partial charge in [0.1, 0.15) is 5.58 Å². The Morgan fingerprint density at radius 3 is 2.11 bits per heavy atom. The van der Waals surface area contributed by atoms with Crippen LogP contribution in [0.3, 0.4) is 0 Å². The second kappa shape index (κ2) is 10.1. The lowest BCUT2D eigenvalue weighted by Crippen LogP contribution is -2.28. The molecule has 0 fully saturated rings. The average molecular weight is 603 g/mol. The van der Waals surface area contributed by atoms with Crippen LogP contribution in [-0.4, -0.2) is 9.55 Å². The molecule has 0 spiro atoms. The third-order valence-electron chi connectivity index (χ3n) is 9.45. The number of benzene rings is 7. The van der Waals surface area contributed by atoms with Gasteiger partial charge in [-0.2, -0.15) is 4.57 Å². The van der Waals surface area contributed by atoms with Crippen LogP contribution < -0.4 is 4.57 Å². The van der Waals surface area contributed by atoms with Gasteiger partial charge in [-0.25, -0.2) is 4.98 Å². The summed E-state index contributed by atoms with van der Waals surface area (Å²) in [5, 5.41) is 4.72. The Bertz CT molecular complexity index is 2800. The van der Waals surface area contributed by atoms with E-state index in [-0.39, 0.29) is 0 Å². The van der Waals surface area contributed by atoms with Crippen molar-refractivity contribution in [1.82, 2.24) is 9.55 Å². The molecule has 0 bridgehead atoms. The summed E-state index contributed by atoms with van der Waals surface area (Å²) in [6.07, 6.45) is 2.02. The molecule has 1 N–H and O–H groups in total. The second-order valence-corrected chi connectivity index (χ2v) is 12.1. The predicted octanol–water partition coefficient (Wildman–Crippen LogP) is 10.8. The van der Waals surface area contributed by atoms with E-state index in [0.717, 1.165) is 49.8 Å². The van der Waals surface area contributed by atoms with Crippen LogP contribution in [0.5, 0.6) is 0 Å². The lowest BCUT2D eigenvalue weighted by Gasteiger charge is -2.10. The predicted molar refractivity (Wildman–Crippen MR) is 192 cm³/mol. The van der Waals surface area contributed by atoms with E-state index in [1.165, 1.54) is 38.6 Å². The Labute approximate surface area is 270 Å². The molecule has 0 atom stereocenters. The van der Waals surface area contributed by atoms with Crippen LogP contribution in [0, 0.1) is 0 Å². The van der Waals surface area contributed by atoms with Crippen molar-refractivity contribution >= 4 is 54.8 Å². The van der Waals surface area contributed by atoms with E-state index in [1.54, 1.807) is 0 Å². The summed E-state index contributed by atoms with van der Waals surface area (Å²) >= 11 is 0. The van der Waals surface area contributed by atoms with Crippen LogP contribution in [0.4, 0.5) is 0 Å². The Kier molecular flexibility index (Phi) is 5.54. The summed E-state index contributed by atoms with van der Waals surface area (Å²) in [6.45, 7) is 0. The lowest BCUT2D eigenvalue weighted by molar-refractivity contribution is -0.565. The highest BCUT2D eigenvalue weighted by Crippen LogP contribution is 2.38. The third-order valence-corrected chi connectivity index (χ3v) is 9.45. The van der Waals surface area contributed by atoms with Crippen molar-refractivity contribution in [2.24, 2.45) is 0 Å². The van der Waals surface area contributed by atoms with Gasteiger partial charge >= 0.3 is 0 Å². The van der Waals surface area contributed by atoms with Gasteiger partial charge in [0.25, 0.3) is 0 Å². The fourth-order valence-electron chi connectivity index (χ4n) is 7.25. The van der Waals surface area contributed by atoms with Gasteiger partial charge in [0.2, 0.25) is 6.33 Å². The SMILES string of the molecule is c1ccc(-n2c3ccccc3c3cc(-c4cccc(-c5cc(-[n+]6c[nH]c7ccccc76)c6oc7ccccc7c6c5)c4)ccc32)cc1. The van der Waals surface area contributed by atoms with Crippen molar-refractivity contribution in [2.75, 3.05) is 0 Å². The van der Waals surface area contributed by atoms with Crippen LogP contribution in [0.15, 0.2) is 168 Å². The van der Waals surface area contributed by atoms with E-state index in [1.807, 2.05) is 18.5 Å². The molecule has 0 saturated heterocycles. The van der Waals surface area contributed by atoms with Gasteiger partial charge in [-0.1, -0.05) is 91.0 Å². The van der Waals surface area contributed by atoms with E-state index in [2.05, 4.69) is 160 Å². The maximum atomic E-state index is 6.51. The number of H-pyrrole nitrogens is 1. The van der Waals surface area contributed by atoms with Crippen LogP contribution in [0.25, 0.3) is 88.4 Å². The average Bonchev–Trinajstić information content (AvgIpc) is 3.83. The van der Waals surface area contributed by atoms with Gasteiger partial charge in [-0.05, 0) is 89.0 Å². The third kappa shape index (κ3) is 3.98. The molecule has 10 rings (SSSR count). The smallest absolute Gasteiger partial charge is 0.247 e. The first kappa shape index (κ1) is 25.9. The highest BCUT2D eigenvalue weighted by molar-refractivity contribution is 6.11. The molecule has 7 aromatic carbocycles. The molecule has 0 saturated carbocycles. The summed E-state index contributed by atoms with van der Waals surface area (Å²) in [4.78, 5) is 3.43. The number of rotatable bonds is 4. The molecule has 0 unspecified atom stereocenters. The number of aromatic amines is 1. The summed E-state index contributed by atoms with van der Waals surface area (Å²) < 4.78 is 11.1. The molecular weight excluding hydrogens is 574 g/mol. The summed E-state index contributed by atoms with van der Waals surface area (Å²) in [5.74, 6) is 0. The molecule has 0 amide bonds. The van der Waals surface area contributed by atoms with E-state index < -0.39 is 0 Å². The van der Waals surface area contributed by atoms with Crippen molar-refractivity contribution in [3.8, 4) is 33.6 Å². The Hall–Kier alpha value is -6.39. The molecule has 4 nitrogen and oxygen atoms in total. The molecular formula is C43H28N3O+. The fourth-order valence-corrected chi connectivity index (χ4v) is 7.25. The van der Waals surface area contributed by atoms with Crippen molar-refractivity contribution in [3.63, 3.8) is 0 Å². The second-order valence-electron chi connectivity index (χ2n) is 12.1. The lowest BCUT2D eigenvalue weighted by atomic mass is 9.96. The van der Waals surface area contributed by atoms with Crippen molar-refractivity contribution in [3.05, 3.63) is 164 Å². The van der Waals surface area contributed by atoms with E-state index in [4.69, 9.17) is 4.42 Å². The number of hydrogen-bond donors (Lipinski definition) is 1. The minimum absolute atomic E-state index is 0.876. The van der Waals surface area contributed by atoms with Gasteiger partial charge in [0, 0.05) is 27.2 Å². The first-order valence-corrected chi connectivity index (χ1v) is 15.9. The van der Waals surface area contributed by atoms with Crippen molar-refractivity contribution in [2.45, 2.75) is 0 Å². The normalized spacial score (nSPS) is 11.8. The number of furan rings is 1. The maximum Gasteiger partial charge on any atom is 0.247 e. The molecule has 0 radical (unpaired) electrons. The van der Waals surface area contributed by atoms with Crippen LogP contribution in [0.2, 0.25) is 0 Å². The Balaban J connectivity index is 1.16. The molecule has 0 aliphatic carbocycles. The number of para-hydroxylation sites is 5. The van der Waals surface area contributed by atoms with Gasteiger partial charge in [-0.15, -0.1) is 0 Å². The molecule has 3 aromatic heterocycles. The molecule has 3 heterocycles. The maximum absolute atomic E-state index is 6.51. The van der Waals surface area contributed by atoms with Gasteiger partial charge < -0.3 is 8.98 Å². The standard InChI is InChI=1S/C43H27N3O/c1-2-13-32(14-3-1)46-38-18-7-4-15-33(38)35-24-30(21-22-39(35)46)28-11-10-12-29(23-28)31-25-36-34-16-5-9-20-42(34)47-43(36)41(26-31)45-27-44-37-17-6-8-19-40(37)45/h1-27H/p+1. The number of nitrogens with zero attached hydrogens (tertiary/aromatic N) is 2. The highest BCUT2D eigenvalue weighted by Gasteiger charge is 2.21. The van der Waals surface area contributed by atoms with Crippen LogP contribution in [-0.2, 0) is 0 Å². The van der Waals surface area contributed by atoms with E-state index >= 15 is 0 Å². The van der Waals surface area contributed by atoms with E-state index in [9.17, 15) is 0 Å². The van der Waals surface area contributed by atoms with Crippen molar-refractivity contribution in [1.29, 1.82) is 0 Å².